The van der Waals surface area contributed by atoms with Crippen LogP contribution < -0.4 is 4.74 Å². The van der Waals surface area contributed by atoms with E-state index in [4.69, 9.17) is 14.5 Å². The number of fused-ring (bicyclic) bond motifs is 7. The smallest absolute Gasteiger partial charge is 0.310 e. The summed E-state index contributed by atoms with van der Waals surface area (Å²) in [6, 6.07) is 17.7. The van der Waals surface area contributed by atoms with Gasteiger partial charge in [0.25, 0.3) is 0 Å². The number of hydrogen-bond acceptors (Lipinski definition) is 6. The number of benzene rings is 2. The minimum atomic E-state index is -1.01. The van der Waals surface area contributed by atoms with Gasteiger partial charge in [-0.05, 0) is 188 Å². The van der Waals surface area contributed by atoms with E-state index >= 15 is 4.79 Å². The van der Waals surface area contributed by atoms with Crippen molar-refractivity contribution in [3.63, 3.8) is 0 Å². The Hall–Kier alpha value is -4.40. The molecule has 9 heteroatoms. The van der Waals surface area contributed by atoms with Crippen LogP contribution in [0.1, 0.15) is 156 Å². The molecule has 2 N–H and O–H groups in total. The fourth-order valence-corrected chi connectivity index (χ4v) is 18.7. The number of nitrogens with zero attached hydrogens (tertiary/aromatic N) is 2. The Kier molecular flexibility index (Phi) is 11.4. The number of carbonyl (C=O) groups is 3. The SMILES string of the molecule is C=C(C)C1CC[C@]2(C(=O)N3CCCC3c3ncc(-c4ccc(OC)cc4)[nH]3)CC[C@]3(C)[C@H](CC[C@@H]4[C@]5(C)CC[C@H]([C@@]6(C(=O)O)C[C@@H](C(=O)OCc7ccccc7)C6(C)C)C(C)(C)[C@H]5CC[C@]43C)[C@@H]12. The van der Waals surface area contributed by atoms with Crippen molar-refractivity contribution in [3.05, 3.63) is 84.3 Å². The number of H-pyrrole nitrogens is 1. The van der Waals surface area contributed by atoms with Gasteiger partial charge < -0.3 is 24.5 Å². The average Bonchev–Trinajstić information content (AvgIpc) is 4.09. The first-order valence-corrected chi connectivity index (χ1v) is 26.3. The molecule has 9 nitrogen and oxygen atoms in total. The molecule has 1 amide bonds. The van der Waals surface area contributed by atoms with E-state index < -0.39 is 28.1 Å². The zero-order chi connectivity index (χ0) is 48.4. The van der Waals surface area contributed by atoms with Crippen molar-refractivity contribution >= 4 is 17.8 Å². The highest BCUT2D eigenvalue weighted by Gasteiger charge is 2.77. The van der Waals surface area contributed by atoms with E-state index in [1.165, 1.54) is 5.57 Å². The van der Waals surface area contributed by atoms with Gasteiger partial charge in [-0.25, -0.2) is 4.98 Å². The molecule has 2 heterocycles. The number of amides is 1. The Morgan fingerprint density at radius 1 is 0.824 bits per heavy atom. The van der Waals surface area contributed by atoms with E-state index in [2.05, 4.69) is 70.1 Å². The summed E-state index contributed by atoms with van der Waals surface area (Å²) in [6.45, 7) is 24.6. The minimum Gasteiger partial charge on any atom is -0.497 e. The van der Waals surface area contributed by atoms with E-state index in [0.29, 0.717) is 36.0 Å². The van der Waals surface area contributed by atoms with Crippen LogP contribution in [0.3, 0.4) is 0 Å². The van der Waals surface area contributed by atoms with E-state index in [1.807, 2.05) is 62.5 Å². The molecule has 0 spiro atoms. The second-order valence-electron chi connectivity index (χ2n) is 25.2. The van der Waals surface area contributed by atoms with Gasteiger partial charge in [-0.15, -0.1) is 0 Å². The van der Waals surface area contributed by atoms with Gasteiger partial charge in [0.15, 0.2) is 0 Å². The first-order chi connectivity index (χ1) is 32.2. The molecule has 2 unspecified atom stereocenters. The van der Waals surface area contributed by atoms with Crippen molar-refractivity contribution < 1.29 is 29.0 Å². The molecule has 68 heavy (non-hydrogen) atoms. The van der Waals surface area contributed by atoms with Crippen LogP contribution in [0.2, 0.25) is 0 Å². The Labute approximate surface area is 406 Å². The number of carbonyl (C=O) groups excluding carboxylic acids is 2. The van der Waals surface area contributed by atoms with E-state index in [0.717, 1.165) is 112 Å². The Morgan fingerprint density at radius 2 is 1.54 bits per heavy atom. The topological polar surface area (TPSA) is 122 Å². The largest absolute Gasteiger partial charge is 0.497 e. The van der Waals surface area contributed by atoms with E-state index in [1.54, 1.807) is 7.11 Å². The van der Waals surface area contributed by atoms with Crippen LogP contribution in [0.25, 0.3) is 11.3 Å². The van der Waals surface area contributed by atoms with Crippen molar-refractivity contribution in [2.45, 2.75) is 152 Å². The van der Waals surface area contributed by atoms with Gasteiger partial charge in [0, 0.05) is 6.54 Å². The third-order valence-electron chi connectivity index (χ3n) is 22.4. The lowest BCUT2D eigenvalue weighted by Crippen LogP contribution is -2.71. The molecule has 1 aromatic heterocycles. The maximum absolute atomic E-state index is 15.7. The number of likely N-dealkylation sites (tertiary alicyclic amines) is 1. The maximum atomic E-state index is 15.7. The van der Waals surface area contributed by atoms with Crippen molar-refractivity contribution in [2.24, 2.45) is 79.3 Å². The highest BCUT2D eigenvalue weighted by molar-refractivity contribution is 5.85. The van der Waals surface area contributed by atoms with Crippen LogP contribution in [0.15, 0.2) is 72.9 Å². The number of carboxylic acids is 1. The number of rotatable bonds is 10. The van der Waals surface area contributed by atoms with Crippen LogP contribution in [0.5, 0.6) is 5.75 Å². The van der Waals surface area contributed by atoms with Crippen molar-refractivity contribution in [2.75, 3.05) is 13.7 Å². The molecule has 13 atom stereocenters. The summed E-state index contributed by atoms with van der Waals surface area (Å²) in [5.74, 6) is 2.39. The molecule has 6 saturated carbocycles. The summed E-state index contributed by atoms with van der Waals surface area (Å²) in [4.78, 5) is 54.1. The maximum Gasteiger partial charge on any atom is 0.310 e. The standard InChI is InChI=1S/C59H79N3O6/c1-36(2)40-24-29-58(51(64)62-32-14-17-44(62)49-60-34-43(61-49)38-18-20-39(67-10)21-19-38)31-30-56(8)41(48(40)58)22-23-47-55(7)27-25-46(53(3,4)45(55)26-28-57(47,56)9)59(52(65)66)33-42(54(59,5)6)50(63)68-35-37-15-12-11-13-16-37/h11-13,15-16,18-21,34,40-42,44-48H,1,14,17,22-33,35H2,2-10H3,(H,60,61)(H,65,66)/t40?,41-,42+,44?,45-,46+,47-,48-,55-,56-,57-,58+,59-/m1/s1. The summed E-state index contributed by atoms with van der Waals surface area (Å²) in [6.07, 6.45) is 14.4. The number of ether oxygens (including phenoxy) is 2. The third kappa shape index (κ3) is 6.50. The van der Waals surface area contributed by atoms with Crippen LogP contribution in [-0.2, 0) is 25.7 Å². The molecule has 2 aromatic carbocycles. The van der Waals surface area contributed by atoms with E-state index in [-0.39, 0.29) is 52.1 Å². The van der Waals surface area contributed by atoms with Crippen molar-refractivity contribution in [1.82, 2.24) is 14.9 Å². The Bertz CT molecular complexity index is 2460. The third-order valence-corrected chi connectivity index (χ3v) is 22.4. The van der Waals surface area contributed by atoms with Crippen LogP contribution in [0, 0.1) is 79.3 Å². The average molecular weight is 926 g/mol. The summed E-state index contributed by atoms with van der Waals surface area (Å²) < 4.78 is 11.3. The monoisotopic (exact) mass is 926 g/mol. The number of allylic oxidation sites excluding steroid dienone is 1. The summed E-state index contributed by atoms with van der Waals surface area (Å²) in [5.41, 5.74) is 1.95. The molecule has 1 aliphatic heterocycles. The van der Waals surface area contributed by atoms with Crippen molar-refractivity contribution in [1.29, 1.82) is 0 Å². The number of imidazole rings is 1. The quantitative estimate of drug-likeness (QED) is 0.153. The minimum absolute atomic E-state index is 0.0485. The highest BCUT2D eigenvalue weighted by atomic mass is 16.5. The van der Waals surface area contributed by atoms with E-state index in [9.17, 15) is 14.7 Å². The second-order valence-corrected chi connectivity index (χ2v) is 25.2. The van der Waals surface area contributed by atoms with Gasteiger partial charge in [-0.3, -0.25) is 14.4 Å². The number of nitrogens with one attached hydrogen (secondary N) is 1. The molecule has 7 fully saturated rings. The van der Waals surface area contributed by atoms with Crippen LogP contribution in [0.4, 0.5) is 0 Å². The number of aromatic nitrogens is 2. The molecular weight excluding hydrogens is 847 g/mol. The molecule has 7 aliphatic rings. The first kappa shape index (κ1) is 47.3. The van der Waals surface area contributed by atoms with Gasteiger partial charge in [0.05, 0.1) is 41.8 Å². The van der Waals surface area contributed by atoms with Gasteiger partial charge in [0.1, 0.15) is 18.2 Å². The molecule has 1 saturated heterocycles. The van der Waals surface area contributed by atoms with Gasteiger partial charge in [-0.1, -0.05) is 91.0 Å². The summed E-state index contributed by atoms with van der Waals surface area (Å²) in [5, 5.41) is 11.4. The number of aromatic amines is 1. The van der Waals surface area contributed by atoms with Crippen LogP contribution in [-0.4, -0.2) is 51.5 Å². The first-order valence-electron chi connectivity index (χ1n) is 26.3. The fourth-order valence-electron chi connectivity index (χ4n) is 18.7. The molecule has 0 radical (unpaired) electrons. The Morgan fingerprint density at radius 3 is 2.22 bits per heavy atom. The zero-order valence-electron chi connectivity index (χ0n) is 42.6. The normalized spacial score (nSPS) is 39.9. The lowest BCUT2D eigenvalue weighted by atomic mass is 9.29. The number of hydrogen-bond donors (Lipinski definition) is 2. The molecule has 366 valence electrons. The number of carboxylic acid groups (broad SMARTS) is 1. The molecular formula is C59H79N3O6. The van der Waals surface area contributed by atoms with Gasteiger partial charge >= 0.3 is 11.9 Å². The molecule has 6 aliphatic carbocycles. The van der Waals surface area contributed by atoms with Crippen molar-refractivity contribution in [3.8, 4) is 17.0 Å². The van der Waals surface area contributed by atoms with Gasteiger partial charge in [0.2, 0.25) is 5.91 Å². The zero-order valence-corrected chi connectivity index (χ0v) is 42.6. The number of esters is 1. The van der Waals surface area contributed by atoms with Gasteiger partial charge in [-0.2, -0.15) is 0 Å². The molecule has 0 bridgehead atoms. The fraction of sp³-hybridized carbons (Fsp3) is 0.661. The summed E-state index contributed by atoms with van der Waals surface area (Å²) in [7, 11) is 1.68. The lowest BCUT2D eigenvalue weighted by molar-refractivity contribution is -0.269. The second kappa shape index (κ2) is 16.3. The lowest BCUT2D eigenvalue weighted by Gasteiger charge is -2.74. The molecule has 3 aromatic rings. The number of methoxy groups -OCH3 is 1. The van der Waals surface area contributed by atoms with Crippen LogP contribution >= 0.6 is 0 Å². The summed E-state index contributed by atoms with van der Waals surface area (Å²) >= 11 is 0. The predicted octanol–water partition coefficient (Wildman–Crippen LogP) is 12.9. The molecule has 10 rings (SSSR count). The highest BCUT2D eigenvalue weighted by Crippen LogP contribution is 2.80. The number of aliphatic carboxylic acids is 1. The predicted molar refractivity (Wildman–Crippen MR) is 265 cm³/mol. The Balaban J connectivity index is 0.901.